The van der Waals surface area contributed by atoms with Crippen LogP contribution < -0.4 is 4.80 Å². The van der Waals surface area contributed by atoms with Gasteiger partial charge in [-0.2, -0.15) is 4.99 Å². The number of carbonyl (C=O) groups is 2. The molecular formula is C20H18F2N2O3S. The van der Waals surface area contributed by atoms with Crippen molar-refractivity contribution in [1.29, 1.82) is 0 Å². The third-order valence-corrected chi connectivity index (χ3v) is 5.30. The lowest BCUT2D eigenvalue weighted by Gasteiger charge is -2.06. The lowest BCUT2D eigenvalue weighted by atomic mass is 10.1. The molecule has 2 aromatic carbocycles. The SMILES string of the molecule is CCOC(=O)Cn1c(=NC(=O)c2ccc(F)cc2F)sc2c(C)cc(C)cc21. The molecule has 146 valence electrons. The fraction of sp³-hybridized carbons (Fsp3) is 0.250. The second-order valence-electron chi connectivity index (χ2n) is 6.25. The molecule has 0 radical (unpaired) electrons. The Morgan fingerprint density at radius 1 is 1.18 bits per heavy atom. The number of fused-ring (bicyclic) bond motifs is 1. The molecule has 1 amide bonds. The van der Waals surface area contributed by atoms with E-state index in [1.807, 2.05) is 26.0 Å². The third-order valence-electron chi connectivity index (χ3n) is 4.07. The number of amides is 1. The maximum atomic E-state index is 13.9. The molecule has 0 aliphatic heterocycles. The van der Waals surface area contributed by atoms with E-state index in [-0.39, 0.29) is 23.5 Å². The average Bonchev–Trinajstić information content (AvgIpc) is 2.93. The van der Waals surface area contributed by atoms with Gasteiger partial charge in [-0.3, -0.25) is 9.59 Å². The van der Waals surface area contributed by atoms with Gasteiger partial charge in [0.2, 0.25) is 0 Å². The average molecular weight is 404 g/mol. The van der Waals surface area contributed by atoms with Crippen molar-refractivity contribution >= 4 is 33.4 Å². The van der Waals surface area contributed by atoms with Crippen LogP contribution in [0.25, 0.3) is 10.2 Å². The number of carbonyl (C=O) groups excluding carboxylic acids is 2. The molecule has 0 unspecified atom stereocenters. The highest BCUT2D eigenvalue weighted by Crippen LogP contribution is 2.23. The minimum absolute atomic E-state index is 0.130. The quantitative estimate of drug-likeness (QED) is 0.620. The highest BCUT2D eigenvalue weighted by atomic mass is 32.1. The Kier molecular flexibility index (Phi) is 5.69. The van der Waals surface area contributed by atoms with Crippen molar-refractivity contribution in [2.75, 3.05) is 6.61 Å². The van der Waals surface area contributed by atoms with Gasteiger partial charge in [-0.25, -0.2) is 8.78 Å². The van der Waals surface area contributed by atoms with Gasteiger partial charge in [-0.1, -0.05) is 17.4 Å². The Morgan fingerprint density at radius 3 is 2.61 bits per heavy atom. The van der Waals surface area contributed by atoms with Crippen molar-refractivity contribution in [2.45, 2.75) is 27.3 Å². The zero-order valence-electron chi connectivity index (χ0n) is 15.6. The number of benzene rings is 2. The number of esters is 1. The van der Waals surface area contributed by atoms with E-state index in [9.17, 15) is 18.4 Å². The number of thiazole rings is 1. The normalized spacial score (nSPS) is 11.8. The van der Waals surface area contributed by atoms with Crippen LogP contribution in [-0.4, -0.2) is 23.1 Å². The first-order valence-electron chi connectivity index (χ1n) is 8.60. The maximum Gasteiger partial charge on any atom is 0.326 e. The highest BCUT2D eigenvalue weighted by molar-refractivity contribution is 7.16. The molecule has 0 bridgehead atoms. The van der Waals surface area contributed by atoms with Gasteiger partial charge in [0, 0.05) is 6.07 Å². The van der Waals surface area contributed by atoms with Crippen LogP contribution in [-0.2, 0) is 16.1 Å². The minimum Gasteiger partial charge on any atom is -0.465 e. The summed E-state index contributed by atoms with van der Waals surface area (Å²) in [5, 5.41) is 0. The molecule has 5 nitrogen and oxygen atoms in total. The molecule has 28 heavy (non-hydrogen) atoms. The fourth-order valence-corrected chi connectivity index (χ4v) is 3.97. The van der Waals surface area contributed by atoms with Gasteiger partial charge >= 0.3 is 5.97 Å². The summed E-state index contributed by atoms with van der Waals surface area (Å²) in [6.45, 7) is 5.65. The highest BCUT2D eigenvalue weighted by Gasteiger charge is 2.16. The predicted molar refractivity (Wildman–Crippen MR) is 102 cm³/mol. The van der Waals surface area contributed by atoms with E-state index in [4.69, 9.17) is 4.74 Å². The lowest BCUT2D eigenvalue weighted by molar-refractivity contribution is -0.143. The summed E-state index contributed by atoms with van der Waals surface area (Å²) in [5.74, 6) is -3.09. The van der Waals surface area contributed by atoms with Crippen molar-refractivity contribution < 1.29 is 23.1 Å². The molecule has 0 spiro atoms. The molecule has 0 saturated carbocycles. The summed E-state index contributed by atoms with van der Waals surface area (Å²) in [6.07, 6.45) is 0. The van der Waals surface area contributed by atoms with E-state index in [2.05, 4.69) is 4.99 Å². The number of hydrogen-bond acceptors (Lipinski definition) is 4. The monoisotopic (exact) mass is 404 g/mol. The van der Waals surface area contributed by atoms with Crippen molar-refractivity contribution in [2.24, 2.45) is 4.99 Å². The van der Waals surface area contributed by atoms with Crippen molar-refractivity contribution in [3.63, 3.8) is 0 Å². The van der Waals surface area contributed by atoms with E-state index < -0.39 is 23.5 Å². The van der Waals surface area contributed by atoms with Gasteiger partial charge in [-0.15, -0.1) is 0 Å². The number of halogens is 2. The first-order chi connectivity index (χ1) is 13.3. The predicted octanol–water partition coefficient (Wildman–Crippen LogP) is 3.90. The number of nitrogens with zero attached hydrogens (tertiary/aromatic N) is 2. The number of rotatable bonds is 4. The van der Waals surface area contributed by atoms with E-state index >= 15 is 0 Å². The van der Waals surface area contributed by atoms with Crippen LogP contribution in [0, 0.1) is 25.5 Å². The summed E-state index contributed by atoms with van der Waals surface area (Å²) in [6, 6.07) is 6.55. The molecule has 0 aliphatic rings. The molecule has 0 fully saturated rings. The van der Waals surface area contributed by atoms with Crippen LogP contribution in [0.5, 0.6) is 0 Å². The zero-order valence-corrected chi connectivity index (χ0v) is 16.4. The van der Waals surface area contributed by atoms with E-state index in [1.54, 1.807) is 11.5 Å². The summed E-state index contributed by atoms with van der Waals surface area (Å²) in [7, 11) is 0. The van der Waals surface area contributed by atoms with Gasteiger partial charge < -0.3 is 9.30 Å². The molecule has 0 saturated heterocycles. The van der Waals surface area contributed by atoms with Crippen molar-refractivity contribution in [3.05, 3.63) is 63.5 Å². The van der Waals surface area contributed by atoms with E-state index in [1.165, 1.54) is 11.3 Å². The van der Waals surface area contributed by atoms with Crippen molar-refractivity contribution in [1.82, 2.24) is 4.57 Å². The topological polar surface area (TPSA) is 60.7 Å². The number of hydrogen-bond donors (Lipinski definition) is 0. The third kappa shape index (κ3) is 4.01. The van der Waals surface area contributed by atoms with Crippen LogP contribution in [0.1, 0.15) is 28.4 Å². The lowest BCUT2D eigenvalue weighted by Crippen LogP contribution is -2.23. The molecule has 0 N–H and O–H groups in total. The van der Waals surface area contributed by atoms with Crippen LogP contribution >= 0.6 is 11.3 Å². The summed E-state index contributed by atoms with van der Waals surface area (Å²) < 4.78 is 34.5. The Morgan fingerprint density at radius 2 is 1.93 bits per heavy atom. The standard InChI is InChI=1S/C20H18F2N2O3S/c1-4-27-17(25)10-24-16-8-11(2)7-12(3)18(16)28-20(24)23-19(26)14-6-5-13(21)9-15(14)22/h5-9H,4,10H2,1-3H3. The molecule has 0 aliphatic carbocycles. The van der Waals surface area contributed by atoms with Gasteiger partial charge in [0.15, 0.2) is 4.80 Å². The van der Waals surface area contributed by atoms with Gasteiger partial charge in [0.25, 0.3) is 5.91 Å². The largest absolute Gasteiger partial charge is 0.465 e. The molecule has 3 aromatic rings. The van der Waals surface area contributed by atoms with Gasteiger partial charge in [0.05, 0.1) is 22.4 Å². The molecule has 8 heteroatoms. The Balaban J connectivity index is 2.18. The second kappa shape index (κ2) is 8.02. The number of aromatic nitrogens is 1. The number of aryl methyl sites for hydroxylation is 2. The second-order valence-corrected chi connectivity index (χ2v) is 7.22. The first-order valence-corrected chi connectivity index (χ1v) is 9.42. The van der Waals surface area contributed by atoms with E-state index in [0.29, 0.717) is 6.07 Å². The molecule has 1 heterocycles. The summed E-state index contributed by atoms with van der Waals surface area (Å²) in [4.78, 5) is 28.8. The fourth-order valence-electron chi connectivity index (χ4n) is 2.90. The number of ether oxygens (including phenoxy) is 1. The van der Waals surface area contributed by atoms with Crippen LogP contribution in [0.2, 0.25) is 0 Å². The Hall–Kier alpha value is -2.87. The molecule has 0 atom stereocenters. The maximum absolute atomic E-state index is 13.9. The molecule has 1 aromatic heterocycles. The minimum atomic E-state index is -0.987. The smallest absolute Gasteiger partial charge is 0.326 e. The van der Waals surface area contributed by atoms with Crippen LogP contribution in [0.4, 0.5) is 8.78 Å². The van der Waals surface area contributed by atoms with Gasteiger partial charge in [0.1, 0.15) is 18.2 Å². The Bertz CT molecular complexity index is 1150. The van der Waals surface area contributed by atoms with Gasteiger partial charge in [-0.05, 0) is 50.1 Å². The molecular weight excluding hydrogens is 386 g/mol. The Labute approximate surface area is 163 Å². The summed E-state index contributed by atoms with van der Waals surface area (Å²) >= 11 is 1.22. The molecule has 3 rings (SSSR count). The van der Waals surface area contributed by atoms with Crippen LogP contribution in [0.15, 0.2) is 35.3 Å². The summed E-state index contributed by atoms with van der Waals surface area (Å²) in [5.41, 5.74) is 2.36. The van der Waals surface area contributed by atoms with Crippen molar-refractivity contribution in [3.8, 4) is 0 Å². The van der Waals surface area contributed by atoms with Crippen LogP contribution in [0.3, 0.4) is 0 Å². The van der Waals surface area contributed by atoms with E-state index in [0.717, 1.165) is 33.5 Å². The first kappa shape index (κ1) is 19.9. The zero-order chi connectivity index (χ0) is 20.4.